The fourth-order valence-corrected chi connectivity index (χ4v) is 3.21. The Morgan fingerprint density at radius 2 is 1.85 bits per heavy atom. The van der Waals surface area contributed by atoms with E-state index in [1.54, 1.807) is 12.1 Å². The average molecular weight is 397 g/mol. The van der Waals surface area contributed by atoms with Crippen molar-refractivity contribution in [3.05, 3.63) is 50.9 Å². The van der Waals surface area contributed by atoms with Crippen molar-refractivity contribution in [2.24, 2.45) is 0 Å². The van der Waals surface area contributed by atoms with Gasteiger partial charge in [-0.15, -0.1) is 0 Å². The lowest BCUT2D eigenvalue weighted by Gasteiger charge is -1.98. The summed E-state index contributed by atoms with van der Waals surface area (Å²) in [6.07, 6.45) is 0. The maximum Gasteiger partial charge on any atom is 0.339 e. The normalized spacial score (nSPS) is 10.9. The molecule has 1 N–H and O–H groups in total. The number of para-hydroxylation sites is 1. The number of halogens is 2. The van der Waals surface area contributed by atoms with Gasteiger partial charge in [0.05, 0.1) is 0 Å². The molecular formula is C14H7Br2NO3. The van der Waals surface area contributed by atoms with Gasteiger partial charge in [0, 0.05) is 14.5 Å². The maximum absolute atomic E-state index is 11.2. The highest BCUT2D eigenvalue weighted by Crippen LogP contribution is 2.30. The van der Waals surface area contributed by atoms with Gasteiger partial charge in [0.15, 0.2) is 5.58 Å². The molecule has 0 aliphatic carbocycles. The molecule has 100 valence electrons. The number of carbonyl (C=O) groups is 1. The van der Waals surface area contributed by atoms with Crippen molar-refractivity contribution >= 4 is 48.9 Å². The first-order valence-electron chi connectivity index (χ1n) is 5.64. The van der Waals surface area contributed by atoms with Gasteiger partial charge in [-0.3, -0.25) is 0 Å². The number of hydrogen-bond acceptors (Lipinski definition) is 3. The fraction of sp³-hybridized carbons (Fsp3) is 0. The summed E-state index contributed by atoms with van der Waals surface area (Å²) in [5.41, 5.74) is 1.68. The number of nitrogens with zero attached hydrogens (tertiary/aromatic N) is 1. The Labute approximate surface area is 130 Å². The van der Waals surface area contributed by atoms with E-state index in [0.717, 1.165) is 14.5 Å². The predicted molar refractivity (Wildman–Crippen MR) is 81.8 cm³/mol. The van der Waals surface area contributed by atoms with E-state index in [9.17, 15) is 4.79 Å². The Morgan fingerprint density at radius 1 is 1.15 bits per heavy atom. The molecule has 2 aromatic carbocycles. The molecule has 0 fully saturated rings. The summed E-state index contributed by atoms with van der Waals surface area (Å²) < 4.78 is 7.38. The Hall–Kier alpha value is -1.66. The summed E-state index contributed by atoms with van der Waals surface area (Å²) in [6.45, 7) is 0. The molecule has 0 radical (unpaired) electrons. The highest BCUT2D eigenvalue weighted by atomic mass is 79.9. The van der Waals surface area contributed by atoms with Gasteiger partial charge in [-0.1, -0.05) is 37.9 Å². The summed E-state index contributed by atoms with van der Waals surface area (Å²) in [4.78, 5) is 15.5. The smallest absolute Gasteiger partial charge is 0.339 e. The van der Waals surface area contributed by atoms with E-state index in [0.29, 0.717) is 11.4 Å². The SMILES string of the molecule is O=C(O)c1cccc2nc(-c3cc(Br)cc(Br)c3)oc12. The topological polar surface area (TPSA) is 63.3 Å². The minimum Gasteiger partial charge on any atom is -0.478 e. The van der Waals surface area contributed by atoms with Crippen LogP contribution in [0, 0.1) is 0 Å². The molecule has 0 saturated heterocycles. The van der Waals surface area contributed by atoms with Gasteiger partial charge in [-0.2, -0.15) is 0 Å². The van der Waals surface area contributed by atoms with Crippen molar-refractivity contribution in [1.29, 1.82) is 0 Å². The van der Waals surface area contributed by atoms with Crippen molar-refractivity contribution in [2.45, 2.75) is 0 Å². The van der Waals surface area contributed by atoms with Gasteiger partial charge in [-0.25, -0.2) is 9.78 Å². The largest absolute Gasteiger partial charge is 0.478 e. The first kappa shape index (κ1) is 13.3. The van der Waals surface area contributed by atoms with Crippen LogP contribution in [0.1, 0.15) is 10.4 Å². The van der Waals surface area contributed by atoms with E-state index >= 15 is 0 Å². The molecule has 0 spiro atoms. The van der Waals surface area contributed by atoms with E-state index in [1.807, 2.05) is 18.2 Å². The zero-order valence-corrected chi connectivity index (χ0v) is 13.1. The van der Waals surface area contributed by atoms with Gasteiger partial charge in [-0.05, 0) is 30.3 Å². The van der Waals surface area contributed by atoms with Crippen LogP contribution in [0.3, 0.4) is 0 Å². The molecule has 4 nitrogen and oxygen atoms in total. The van der Waals surface area contributed by atoms with Crippen molar-refractivity contribution < 1.29 is 14.3 Å². The molecule has 0 aliphatic heterocycles. The van der Waals surface area contributed by atoms with Crippen molar-refractivity contribution in [3.63, 3.8) is 0 Å². The van der Waals surface area contributed by atoms with Crippen LogP contribution in [0.5, 0.6) is 0 Å². The molecule has 0 saturated carbocycles. The Morgan fingerprint density at radius 3 is 2.50 bits per heavy atom. The first-order chi connectivity index (χ1) is 9.54. The number of aromatic carboxylic acids is 1. The Balaban J connectivity index is 2.23. The minimum atomic E-state index is -1.03. The summed E-state index contributed by atoms with van der Waals surface area (Å²) in [7, 11) is 0. The summed E-state index contributed by atoms with van der Waals surface area (Å²) in [6, 6.07) is 10.5. The number of rotatable bonds is 2. The lowest BCUT2D eigenvalue weighted by atomic mass is 10.2. The third kappa shape index (κ3) is 2.36. The van der Waals surface area contributed by atoms with E-state index in [4.69, 9.17) is 9.52 Å². The average Bonchev–Trinajstić information content (AvgIpc) is 2.80. The fourth-order valence-electron chi connectivity index (χ4n) is 1.92. The molecule has 20 heavy (non-hydrogen) atoms. The van der Waals surface area contributed by atoms with Crippen LogP contribution < -0.4 is 0 Å². The van der Waals surface area contributed by atoms with Gasteiger partial charge >= 0.3 is 5.97 Å². The zero-order valence-electron chi connectivity index (χ0n) is 9.93. The van der Waals surface area contributed by atoms with Crippen LogP contribution in [-0.4, -0.2) is 16.1 Å². The van der Waals surface area contributed by atoms with Crippen molar-refractivity contribution in [2.75, 3.05) is 0 Å². The van der Waals surface area contributed by atoms with Gasteiger partial charge in [0.1, 0.15) is 11.1 Å². The van der Waals surface area contributed by atoms with Crippen LogP contribution in [0.2, 0.25) is 0 Å². The van der Waals surface area contributed by atoms with Crippen LogP contribution in [0.4, 0.5) is 0 Å². The number of benzene rings is 2. The number of oxazole rings is 1. The highest BCUT2D eigenvalue weighted by molar-refractivity contribution is 9.11. The maximum atomic E-state index is 11.2. The second kappa shape index (κ2) is 5.03. The molecule has 1 aromatic heterocycles. The third-order valence-electron chi connectivity index (χ3n) is 2.75. The molecule has 0 aliphatic rings. The van der Waals surface area contributed by atoms with Crippen molar-refractivity contribution in [3.8, 4) is 11.5 Å². The molecule has 1 heterocycles. The van der Waals surface area contributed by atoms with E-state index in [1.165, 1.54) is 6.07 Å². The summed E-state index contributed by atoms with van der Waals surface area (Å²) in [5.74, 6) is -0.649. The molecule has 0 unspecified atom stereocenters. The Bertz CT molecular complexity index is 806. The highest BCUT2D eigenvalue weighted by Gasteiger charge is 2.15. The number of hydrogen-bond donors (Lipinski definition) is 1. The first-order valence-corrected chi connectivity index (χ1v) is 7.22. The van der Waals surface area contributed by atoms with Gasteiger partial charge in [0.25, 0.3) is 0 Å². The van der Waals surface area contributed by atoms with Gasteiger partial charge in [0.2, 0.25) is 5.89 Å². The van der Waals surface area contributed by atoms with Crippen LogP contribution in [0.15, 0.2) is 49.8 Å². The molecule has 0 atom stereocenters. The zero-order chi connectivity index (χ0) is 14.3. The summed E-state index contributed by atoms with van der Waals surface area (Å²) >= 11 is 6.80. The number of fused-ring (bicyclic) bond motifs is 1. The van der Waals surface area contributed by atoms with E-state index in [-0.39, 0.29) is 11.1 Å². The summed E-state index contributed by atoms with van der Waals surface area (Å²) in [5, 5.41) is 9.15. The van der Waals surface area contributed by atoms with Crippen LogP contribution in [0.25, 0.3) is 22.6 Å². The number of aromatic nitrogens is 1. The van der Waals surface area contributed by atoms with Crippen LogP contribution >= 0.6 is 31.9 Å². The van der Waals surface area contributed by atoms with E-state index in [2.05, 4.69) is 36.8 Å². The molecule has 0 amide bonds. The second-order valence-electron chi connectivity index (χ2n) is 4.14. The quantitative estimate of drug-likeness (QED) is 0.680. The van der Waals surface area contributed by atoms with E-state index < -0.39 is 5.97 Å². The molecule has 6 heteroatoms. The molecular weight excluding hydrogens is 390 g/mol. The molecule has 3 rings (SSSR count). The standard InChI is InChI=1S/C14H7Br2NO3/c15-8-4-7(5-9(16)6-8)13-17-11-3-1-2-10(14(18)19)12(11)20-13/h1-6H,(H,18,19). The monoisotopic (exact) mass is 395 g/mol. The Kier molecular flexibility index (Phi) is 3.35. The number of carboxylic acids is 1. The van der Waals surface area contributed by atoms with Crippen LogP contribution in [-0.2, 0) is 0 Å². The second-order valence-corrected chi connectivity index (χ2v) is 5.97. The number of carboxylic acid groups (broad SMARTS) is 1. The minimum absolute atomic E-state index is 0.107. The molecule has 0 bridgehead atoms. The van der Waals surface area contributed by atoms with Crippen molar-refractivity contribution in [1.82, 2.24) is 4.98 Å². The lowest BCUT2D eigenvalue weighted by molar-refractivity contribution is 0.0698. The van der Waals surface area contributed by atoms with Gasteiger partial charge < -0.3 is 9.52 Å². The third-order valence-corrected chi connectivity index (χ3v) is 3.67. The molecule has 3 aromatic rings. The predicted octanol–water partition coefficient (Wildman–Crippen LogP) is 4.72. The lowest BCUT2D eigenvalue weighted by Crippen LogP contribution is -1.95.